The SMILES string of the molecule is CCCOc1cccc(C(=O)NC(C)C(C)CBr)c1. The van der Waals surface area contributed by atoms with Gasteiger partial charge in [-0.25, -0.2) is 0 Å². The van der Waals surface area contributed by atoms with E-state index in [1.165, 1.54) is 0 Å². The van der Waals surface area contributed by atoms with Crippen LogP contribution in [-0.4, -0.2) is 23.9 Å². The van der Waals surface area contributed by atoms with Crippen molar-refractivity contribution in [1.29, 1.82) is 0 Å². The van der Waals surface area contributed by atoms with E-state index in [-0.39, 0.29) is 11.9 Å². The summed E-state index contributed by atoms with van der Waals surface area (Å²) in [6.45, 7) is 6.84. The zero-order chi connectivity index (χ0) is 14.3. The minimum atomic E-state index is -0.0535. The Hall–Kier alpha value is -1.03. The van der Waals surface area contributed by atoms with Gasteiger partial charge in [-0.05, 0) is 37.5 Å². The van der Waals surface area contributed by atoms with Gasteiger partial charge in [-0.2, -0.15) is 0 Å². The second-order valence-corrected chi connectivity index (χ2v) is 5.42. The van der Waals surface area contributed by atoms with Gasteiger partial charge in [0.05, 0.1) is 6.61 Å². The number of carbonyl (C=O) groups excluding carboxylic acids is 1. The van der Waals surface area contributed by atoms with Gasteiger partial charge in [-0.15, -0.1) is 0 Å². The lowest BCUT2D eigenvalue weighted by Crippen LogP contribution is -2.37. The van der Waals surface area contributed by atoms with E-state index in [2.05, 4.69) is 35.1 Å². The number of rotatable bonds is 7. The molecule has 0 aromatic heterocycles. The van der Waals surface area contributed by atoms with Crippen molar-refractivity contribution < 1.29 is 9.53 Å². The molecular weight excluding hydrogens is 306 g/mol. The zero-order valence-electron chi connectivity index (χ0n) is 11.8. The molecule has 3 nitrogen and oxygen atoms in total. The smallest absolute Gasteiger partial charge is 0.251 e. The molecule has 0 heterocycles. The fourth-order valence-corrected chi connectivity index (χ4v) is 2.07. The van der Waals surface area contributed by atoms with E-state index in [0.717, 1.165) is 17.5 Å². The molecule has 2 atom stereocenters. The number of carbonyl (C=O) groups is 1. The van der Waals surface area contributed by atoms with Crippen LogP contribution >= 0.6 is 15.9 Å². The second kappa shape index (κ2) is 8.20. The van der Waals surface area contributed by atoms with Gasteiger partial charge in [-0.1, -0.05) is 35.8 Å². The Morgan fingerprint density at radius 1 is 1.42 bits per heavy atom. The topological polar surface area (TPSA) is 38.3 Å². The molecule has 0 fully saturated rings. The van der Waals surface area contributed by atoms with E-state index in [0.29, 0.717) is 18.1 Å². The Morgan fingerprint density at radius 2 is 2.16 bits per heavy atom. The van der Waals surface area contributed by atoms with Crippen LogP contribution in [0.4, 0.5) is 0 Å². The Kier molecular flexibility index (Phi) is 6.92. The van der Waals surface area contributed by atoms with Crippen molar-refractivity contribution in [3.05, 3.63) is 29.8 Å². The van der Waals surface area contributed by atoms with Crippen LogP contribution in [0.1, 0.15) is 37.6 Å². The average Bonchev–Trinajstić information content (AvgIpc) is 2.44. The first-order chi connectivity index (χ1) is 9.08. The maximum atomic E-state index is 12.1. The fraction of sp³-hybridized carbons (Fsp3) is 0.533. The summed E-state index contributed by atoms with van der Waals surface area (Å²) in [6.07, 6.45) is 0.955. The molecule has 0 radical (unpaired) electrons. The molecule has 1 rings (SSSR count). The summed E-state index contributed by atoms with van der Waals surface area (Å²) < 4.78 is 5.53. The molecule has 2 unspecified atom stereocenters. The van der Waals surface area contributed by atoms with Gasteiger partial charge in [0.25, 0.3) is 5.91 Å². The summed E-state index contributed by atoms with van der Waals surface area (Å²) in [5.74, 6) is 1.08. The molecule has 0 aliphatic heterocycles. The highest BCUT2D eigenvalue weighted by atomic mass is 79.9. The van der Waals surface area contributed by atoms with Gasteiger partial charge >= 0.3 is 0 Å². The minimum Gasteiger partial charge on any atom is -0.494 e. The Morgan fingerprint density at radius 3 is 2.79 bits per heavy atom. The number of hydrogen-bond donors (Lipinski definition) is 1. The summed E-state index contributed by atoms with van der Waals surface area (Å²) in [6, 6.07) is 7.44. The summed E-state index contributed by atoms with van der Waals surface area (Å²) in [4.78, 5) is 12.1. The molecule has 0 bridgehead atoms. The predicted octanol–water partition coefficient (Wildman–Crippen LogP) is 3.62. The number of nitrogens with one attached hydrogen (secondary N) is 1. The van der Waals surface area contributed by atoms with Gasteiger partial charge < -0.3 is 10.1 Å². The molecule has 0 spiro atoms. The second-order valence-electron chi connectivity index (χ2n) is 4.77. The highest BCUT2D eigenvalue weighted by molar-refractivity contribution is 9.09. The van der Waals surface area contributed by atoms with Gasteiger partial charge in [0.2, 0.25) is 0 Å². The highest BCUT2D eigenvalue weighted by Gasteiger charge is 2.15. The van der Waals surface area contributed by atoms with E-state index >= 15 is 0 Å². The Bertz CT molecular complexity index is 409. The van der Waals surface area contributed by atoms with Crippen LogP contribution in [0.25, 0.3) is 0 Å². The molecule has 4 heteroatoms. The number of amides is 1. The monoisotopic (exact) mass is 327 g/mol. The minimum absolute atomic E-state index is 0.0535. The van der Waals surface area contributed by atoms with Crippen molar-refractivity contribution in [2.75, 3.05) is 11.9 Å². The molecular formula is C15H22BrNO2. The predicted molar refractivity (Wildman–Crippen MR) is 82.1 cm³/mol. The van der Waals surface area contributed by atoms with E-state index in [1.807, 2.05) is 19.1 Å². The molecule has 1 amide bonds. The standard InChI is InChI=1S/C15H22BrNO2/c1-4-8-19-14-7-5-6-13(9-14)15(18)17-12(3)11(2)10-16/h5-7,9,11-12H,4,8,10H2,1-3H3,(H,17,18). The lowest BCUT2D eigenvalue weighted by Gasteiger charge is -2.19. The van der Waals surface area contributed by atoms with Crippen molar-refractivity contribution in [2.45, 2.75) is 33.2 Å². The molecule has 0 aliphatic carbocycles. The van der Waals surface area contributed by atoms with Crippen molar-refractivity contribution >= 4 is 21.8 Å². The lowest BCUT2D eigenvalue weighted by atomic mass is 10.1. The van der Waals surface area contributed by atoms with E-state index in [9.17, 15) is 4.79 Å². The average molecular weight is 328 g/mol. The first kappa shape index (κ1) is 16.0. The van der Waals surface area contributed by atoms with Crippen LogP contribution in [0.2, 0.25) is 0 Å². The van der Waals surface area contributed by atoms with E-state index < -0.39 is 0 Å². The van der Waals surface area contributed by atoms with Crippen molar-refractivity contribution in [2.24, 2.45) is 5.92 Å². The summed E-state index contributed by atoms with van der Waals surface area (Å²) in [5, 5.41) is 3.87. The van der Waals surface area contributed by atoms with Crippen LogP contribution in [-0.2, 0) is 0 Å². The molecule has 1 aromatic carbocycles. The van der Waals surface area contributed by atoms with Crippen molar-refractivity contribution in [3.8, 4) is 5.75 Å². The maximum Gasteiger partial charge on any atom is 0.251 e. The number of ether oxygens (including phenoxy) is 1. The highest BCUT2D eigenvalue weighted by Crippen LogP contribution is 2.14. The molecule has 106 valence electrons. The molecule has 0 saturated carbocycles. The zero-order valence-corrected chi connectivity index (χ0v) is 13.4. The van der Waals surface area contributed by atoms with Crippen LogP contribution in [0.3, 0.4) is 0 Å². The number of alkyl halides is 1. The number of hydrogen-bond acceptors (Lipinski definition) is 2. The third-order valence-corrected chi connectivity index (χ3v) is 4.05. The summed E-state index contributed by atoms with van der Waals surface area (Å²) in [7, 11) is 0. The normalized spacial score (nSPS) is 13.7. The van der Waals surface area contributed by atoms with Crippen molar-refractivity contribution in [3.63, 3.8) is 0 Å². The molecule has 0 aliphatic rings. The van der Waals surface area contributed by atoms with Gasteiger partial charge in [0.1, 0.15) is 5.75 Å². The molecule has 19 heavy (non-hydrogen) atoms. The Labute approximate surface area is 123 Å². The maximum absolute atomic E-state index is 12.1. The summed E-state index contributed by atoms with van der Waals surface area (Å²) in [5.41, 5.74) is 0.641. The Balaban J connectivity index is 2.66. The number of halogens is 1. The van der Waals surface area contributed by atoms with Gasteiger partial charge in [-0.3, -0.25) is 4.79 Å². The first-order valence-electron chi connectivity index (χ1n) is 6.68. The van der Waals surface area contributed by atoms with E-state index in [1.54, 1.807) is 12.1 Å². The van der Waals surface area contributed by atoms with Gasteiger partial charge in [0.15, 0.2) is 0 Å². The fourth-order valence-electron chi connectivity index (χ4n) is 1.51. The van der Waals surface area contributed by atoms with Crippen molar-refractivity contribution in [1.82, 2.24) is 5.32 Å². The van der Waals surface area contributed by atoms with Crippen LogP contribution in [0, 0.1) is 5.92 Å². The third kappa shape index (κ3) is 5.23. The lowest BCUT2D eigenvalue weighted by molar-refractivity contribution is 0.0930. The quantitative estimate of drug-likeness (QED) is 0.776. The first-order valence-corrected chi connectivity index (χ1v) is 7.80. The molecule has 1 aromatic rings. The van der Waals surface area contributed by atoms with Crippen LogP contribution < -0.4 is 10.1 Å². The third-order valence-electron chi connectivity index (χ3n) is 3.02. The van der Waals surface area contributed by atoms with E-state index in [4.69, 9.17) is 4.74 Å². The molecule has 0 saturated heterocycles. The van der Waals surface area contributed by atoms with Crippen LogP contribution in [0.15, 0.2) is 24.3 Å². The van der Waals surface area contributed by atoms with Gasteiger partial charge in [0, 0.05) is 16.9 Å². The van der Waals surface area contributed by atoms with Crippen LogP contribution in [0.5, 0.6) is 5.75 Å². The summed E-state index contributed by atoms with van der Waals surface area (Å²) >= 11 is 3.43. The number of benzene rings is 1. The molecule has 1 N–H and O–H groups in total. The largest absolute Gasteiger partial charge is 0.494 e.